The van der Waals surface area contributed by atoms with Crippen molar-refractivity contribution in [3.8, 4) is 17.2 Å². The van der Waals surface area contributed by atoms with Crippen molar-refractivity contribution in [3.63, 3.8) is 0 Å². The standard InChI is InChI=1S/C18H25N3O4/c1-12-7-20-21(9-12)14(3)13(2)19-8-15(22)10-23-16-4-5-17-18(6-16)25-11-24-17/h4-7,9,13-15,19,22H,8,10-11H2,1-3H3/t13-,14-,15+/m1/s1. The Morgan fingerprint density at radius 2 is 2.12 bits per heavy atom. The molecule has 0 spiro atoms. The molecule has 136 valence electrons. The second-order valence-corrected chi connectivity index (χ2v) is 6.42. The summed E-state index contributed by atoms with van der Waals surface area (Å²) < 4.78 is 18.1. The van der Waals surface area contributed by atoms with Crippen molar-refractivity contribution in [2.45, 2.75) is 39.0 Å². The predicted molar refractivity (Wildman–Crippen MR) is 93.2 cm³/mol. The van der Waals surface area contributed by atoms with Crippen LogP contribution in [0.2, 0.25) is 0 Å². The van der Waals surface area contributed by atoms with Crippen LogP contribution in [-0.4, -0.2) is 47.0 Å². The number of fused-ring (bicyclic) bond motifs is 1. The molecule has 0 fully saturated rings. The number of nitrogens with zero attached hydrogens (tertiary/aromatic N) is 2. The molecule has 1 aromatic heterocycles. The number of hydrogen-bond acceptors (Lipinski definition) is 6. The molecule has 0 unspecified atom stereocenters. The van der Waals surface area contributed by atoms with Crippen molar-refractivity contribution in [1.82, 2.24) is 15.1 Å². The molecule has 0 saturated heterocycles. The third-order valence-electron chi connectivity index (χ3n) is 4.33. The summed E-state index contributed by atoms with van der Waals surface area (Å²) in [4.78, 5) is 0. The van der Waals surface area contributed by atoms with Crippen LogP contribution >= 0.6 is 0 Å². The minimum atomic E-state index is -0.612. The van der Waals surface area contributed by atoms with E-state index in [0.29, 0.717) is 23.8 Å². The quantitative estimate of drug-likeness (QED) is 0.759. The van der Waals surface area contributed by atoms with Crippen molar-refractivity contribution in [2.24, 2.45) is 0 Å². The number of hydrogen-bond donors (Lipinski definition) is 2. The van der Waals surface area contributed by atoms with Gasteiger partial charge in [-0.2, -0.15) is 5.10 Å². The zero-order valence-corrected chi connectivity index (χ0v) is 14.8. The third-order valence-corrected chi connectivity index (χ3v) is 4.33. The maximum atomic E-state index is 10.1. The second-order valence-electron chi connectivity index (χ2n) is 6.42. The van der Waals surface area contributed by atoms with Crippen molar-refractivity contribution in [3.05, 3.63) is 36.2 Å². The van der Waals surface area contributed by atoms with Crippen molar-refractivity contribution in [1.29, 1.82) is 0 Å². The average molecular weight is 347 g/mol. The van der Waals surface area contributed by atoms with E-state index in [2.05, 4.69) is 24.3 Å². The molecule has 7 heteroatoms. The molecule has 7 nitrogen and oxygen atoms in total. The van der Waals surface area contributed by atoms with Crippen molar-refractivity contribution >= 4 is 0 Å². The SMILES string of the molecule is Cc1cnn([C@H](C)[C@@H](C)NC[C@H](O)COc2ccc3c(c2)OCO3)c1. The van der Waals surface area contributed by atoms with E-state index in [4.69, 9.17) is 14.2 Å². The zero-order chi connectivity index (χ0) is 17.8. The van der Waals surface area contributed by atoms with E-state index in [0.717, 1.165) is 5.56 Å². The van der Waals surface area contributed by atoms with Crippen molar-refractivity contribution < 1.29 is 19.3 Å². The molecule has 0 bridgehead atoms. The zero-order valence-electron chi connectivity index (χ0n) is 14.8. The number of nitrogens with one attached hydrogen (secondary N) is 1. The fraction of sp³-hybridized carbons (Fsp3) is 0.500. The van der Waals surface area contributed by atoms with E-state index in [-0.39, 0.29) is 25.5 Å². The summed E-state index contributed by atoms with van der Waals surface area (Å²) in [5, 5.41) is 17.8. The van der Waals surface area contributed by atoms with Gasteiger partial charge in [-0.3, -0.25) is 4.68 Å². The number of ether oxygens (including phenoxy) is 3. The normalized spacial score (nSPS) is 16.5. The molecule has 3 rings (SSSR count). The van der Waals surface area contributed by atoms with Crippen LogP contribution in [0.15, 0.2) is 30.6 Å². The number of rotatable bonds is 8. The smallest absolute Gasteiger partial charge is 0.231 e. The van der Waals surface area contributed by atoms with E-state index < -0.39 is 6.10 Å². The lowest BCUT2D eigenvalue weighted by Crippen LogP contribution is -2.40. The third kappa shape index (κ3) is 4.43. The van der Waals surface area contributed by atoms with Gasteiger partial charge in [-0.1, -0.05) is 0 Å². The first-order valence-corrected chi connectivity index (χ1v) is 8.47. The Morgan fingerprint density at radius 3 is 2.88 bits per heavy atom. The van der Waals surface area contributed by atoms with Gasteiger partial charge >= 0.3 is 0 Å². The molecule has 2 heterocycles. The van der Waals surface area contributed by atoms with Crippen LogP contribution in [0.4, 0.5) is 0 Å². The molecule has 1 aromatic carbocycles. The molecule has 0 radical (unpaired) electrons. The molecule has 0 aliphatic carbocycles. The molecular formula is C18H25N3O4. The lowest BCUT2D eigenvalue weighted by Gasteiger charge is -2.23. The van der Waals surface area contributed by atoms with E-state index in [1.807, 2.05) is 24.0 Å². The summed E-state index contributed by atoms with van der Waals surface area (Å²) in [5.41, 5.74) is 1.14. The minimum Gasteiger partial charge on any atom is -0.491 e. The summed E-state index contributed by atoms with van der Waals surface area (Å²) in [6.07, 6.45) is 3.25. The largest absolute Gasteiger partial charge is 0.491 e. The molecule has 3 atom stereocenters. The molecule has 2 N–H and O–H groups in total. The summed E-state index contributed by atoms with van der Waals surface area (Å²) >= 11 is 0. The van der Waals surface area contributed by atoms with Crippen LogP contribution in [-0.2, 0) is 0 Å². The summed E-state index contributed by atoms with van der Waals surface area (Å²) in [6, 6.07) is 5.74. The van der Waals surface area contributed by atoms with E-state index in [9.17, 15) is 5.11 Å². The van der Waals surface area contributed by atoms with Gasteiger partial charge in [0, 0.05) is 24.8 Å². The van der Waals surface area contributed by atoms with Gasteiger partial charge in [0.2, 0.25) is 6.79 Å². The number of aryl methyl sites for hydroxylation is 1. The van der Waals surface area contributed by atoms with Crippen LogP contribution in [0.25, 0.3) is 0 Å². The number of benzene rings is 1. The number of aliphatic hydroxyl groups excluding tert-OH is 1. The molecule has 1 aliphatic heterocycles. The van der Waals surface area contributed by atoms with Crippen molar-refractivity contribution in [2.75, 3.05) is 19.9 Å². The monoisotopic (exact) mass is 347 g/mol. The second kappa shape index (κ2) is 7.76. The van der Waals surface area contributed by atoms with Gasteiger partial charge in [-0.05, 0) is 38.5 Å². The van der Waals surface area contributed by atoms with Gasteiger partial charge in [0.1, 0.15) is 18.5 Å². The molecule has 0 amide bonds. The predicted octanol–water partition coefficient (Wildman–Crippen LogP) is 1.90. The van der Waals surface area contributed by atoms with Gasteiger partial charge in [-0.15, -0.1) is 0 Å². The average Bonchev–Trinajstić information content (AvgIpc) is 3.25. The van der Waals surface area contributed by atoms with Crippen LogP contribution in [0, 0.1) is 6.92 Å². The number of aromatic nitrogens is 2. The van der Waals surface area contributed by atoms with E-state index in [1.54, 1.807) is 18.2 Å². The van der Waals surface area contributed by atoms with E-state index >= 15 is 0 Å². The molecule has 0 saturated carbocycles. The maximum absolute atomic E-state index is 10.1. The fourth-order valence-corrected chi connectivity index (χ4v) is 2.60. The van der Waals surface area contributed by atoms with Crippen LogP contribution in [0.3, 0.4) is 0 Å². The first-order valence-electron chi connectivity index (χ1n) is 8.47. The summed E-state index contributed by atoms with van der Waals surface area (Å²) in [7, 11) is 0. The highest BCUT2D eigenvalue weighted by atomic mass is 16.7. The minimum absolute atomic E-state index is 0.166. The highest BCUT2D eigenvalue weighted by Crippen LogP contribution is 2.35. The number of aliphatic hydroxyl groups is 1. The van der Waals surface area contributed by atoms with Gasteiger partial charge in [-0.25, -0.2) is 0 Å². The van der Waals surface area contributed by atoms with Gasteiger partial charge in [0.15, 0.2) is 11.5 Å². The molecule has 25 heavy (non-hydrogen) atoms. The molecular weight excluding hydrogens is 322 g/mol. The van der Waals surface area contributed by atoms with Gasteiger partial charge < -0.3 is 24.6 Å². The molecule has 2 aromatic rings. The Kier molecular flexibility index (Phi) is 5.45. The highest BCUT2D eigenvalue weighted by Gasteiger charge is 2.17. The van der Waals surface area contributed by atoms with Crippen LogP contribution < -0.4 is 19.5 Å². The molecule has 1 aliphatic rings. The lowest BCUT2D eigenvalue weighted by atomic mass is 10.1. The Hall–Kier alpha value is -2.25. The first kappa shape index (κ1) is 17.6. The first-order chi connectivity index (χ1) is 12.0. The Bertz CT molecular complexity index is 703. The Labute approximate surface area is 147 Å². The topological polar surface area (TPSA) is 77.8 Å². The Morgan fingerprint density at radius 1 is 1.32 bits per heavy atom. The van der Waals surface area contributed by atoms with E-state index in [1.165, 1.54) is 0 Å². The maximum Gasteiger partial charge on any atom is 0.231 e. The van der Waals surface area contributed by atoms with Crippen LogP contribution in [0.1, 0.15) is 25.5 Å². The van der Waals surface area contributed by atoms with Gasteiger partial charge in [0.25, 0.3) is 0 Å². The highest BCUT2D eigenvalue weighted by molar-refractivity contribution is 5.46. The summed E-state index contributed by atoms with van der Waals surface area (Å²) in [5.74, 6) is 2.03. The van der Waals surface area contributed by atoms with Crippen LogP contribution in [0.5, 0.6) is 17.2 Å². The summed E-state index contributed by atoms with van der Waals surface area (Å²) in [6.45, 7) is 7.07. The van der Waals surface area contributed by atoms with Gasteiger partial charge in [0.05, 0.1) is 12.2 Å². The Balaban J connectivity index is 1.42. The lowest BCUT2D eigenvalue weighted by molar-refractivity contribution is 0.102. The fourth-order valence-electron chi connectivity index (χ4n) is 2.60.